The Morgan fingerprint density at radius 1 is 1.03 bits per heavy atom. The van der Waals surface area contributed by atoms with Crippen molar-refractivity contribution in [3.05, 3.63) is 83.8 Å². The van der Waals surface area contributed by atoms with Crippen molar-refractivity contribution in [3.8, 4) is 5.75 Å². The molecule has 3 rings (SSSR count). The predicted molar refractivity (Wildman–Crippen MR) is 114 cm³/mol. The maximum Gasteiger partial charge on any atom is 0.173 e. The number of nitrogens with one attached hydrogen (secondary N) is 3. The Bertz CT molecular complexity index is 1110. The van der Waals surface area contributed by atoms with Crippen LogP contribution in [0, 0.1) is 23.3 Å². The predicted octanol–water partition coefficient (Wildman–Crippen LogP) is 5.40. The molecule has 3 N–H and O–H groups in total. The van der Waals surface area contributed by atoms with Gasteiger partial charge in [0.1, 0.15) is 28.9 Å². The molecular weight excluding hydrogens is 432 g/mol. The van der Waals surface area contributed by atoms with Crippen molar-refractivity contribution in [1.29, 1.82) is 0 Å². The number of anilines is 2. The fourth-order valence-electron chi connectivity index (χ4n) is 2.55. The van der Waals surface area contributed by atoms with Gasteiger partial charge in [-0.3, -0.25) is 4.98 Å². The van der Waals surface area contributed by atoms with E-state index in [4.69, 9.17) is 4.74 Å². The van der Waals surface area contributed by atoms with Crippen LogP contribution in [-0.2, 0) is 0 Å². The zero-order chi connectivity index (χ0) is 22.4. The number of halogens is 4. The van der Waals surface area contributed by atoms with Crippen LogP contribution >= 0.6 is 11.9 Å². The number of nitrogens with zero attached hydrogens (tertiary/aromatic N) is 1. The van der Waals surface area contributed by atoms with E-state index in [1.54, 1.807) is 19.3 Å². The summed E-state index contributed by atoms with van der Waals surface area (Å²) in [4.78, 5) is 3.97. The van der Waals surface area contributed by atoms with Crippen molar-refractivity contribution in [1.82, 2.24) is 10.3 Å². The molecule has 31 heavy (non-hydrogen) atoms. The molecule has 0 saturated heterocycles. The van der Waals surface area contributed by atoms with Gasteiger partial charge in [0.05, 0.1) is 29.6 Å². The number of hydrogen-bond acceptors (Lipinski definition) is 6. The molecule has 162 valence electrons. The van der Waals surface area contributed by atoms with Gasteiger partial charge in [-0.05, 0) is 48.3 Å². The number of ether oxygens (including phenoxy) is 1. The van der Waals surface area contributed by atoms with Gasteiger partial charge in [-0.25, -0.2) is 17.6 Å². The van der Waals surface area contributed by atoms with E-state index < -0.39 is 29.0 Å². The summed E-state index contributed by atoms with van der Waals surface area (Å²) < 4.78 is 63.9. The molecule has 0 aliphatic heterocycles. The maximum absolute atomic E-state index is 14.9. The maximum atomic E-state index is 14.9. The molecule has 10 heteroatoms. The average molecular weight is 450 g/mol. The highest BCUT2D eigenvalue weighted by Gasteiger charge is 2.15. The van der Waals surface area contributed by atoms with Crippen LogP contribution in [0.5, 0.6) is 5.75 Å². The second-order valence-corrected chi connectivity index (χ2v) is 6.98. The first-order chi connectivity index (χ1) is 14.9. The Balaban J connectivity index is 1.82. The van der Waals surface area contributed by atoms with E-state index in [0.29, 0.717) is 29.0 Å². The third kappa shape index (κ3) is 5.40. The Hall–Kier alpha value is -3.40. The first kappa shape index (κ1) is 22.3. The molecule has 1 heterocycles. The molecule has 0 spiro atoms. The van der Waals surface area contributed by atoms with Gasteiger partial charge in [0.15, 0.2) is 5.82 Å². The SMILES string of the molecule is CN/C(=C\Nc1c(F)ccc(NSc2cc(F)ccc2F)c1F)c1cncc(OC)c1. The fraction of sp³-hybridized carbons (Fsp3) is 0.0952. The number of rotatable bonds is 8. The van der Waals surface area contributed by atoms with Gasteiger partial charge in [-0.2, -0.15) is 0 Å². The highest BCUT2D eigenvalue weighted by molar-refractivity contribution is 8.00. The minimum absolute atomic E-state index is 0.0684. The van der Waals surface area contributed by atoms with Gasteiger partial charge in [0, 0.05) is 25.0 Å². The molecule has 0 radical (unpaired) electrons. The lowest BCUT2D eigenvalue weighted by Gasteiger charge is -2.13. The van der Waals surface area contributed by atoms with Gasteiger partial charge in [-0.1, -0.05) is 0 Å². The summed E-state index contributed by atoms with van der Waals surface area (Å²) in [5, 5.41) is 5.51. The normalized spacial score (nSPS) is 11.2. The molecular formula is C21H18F4N4OS. The van der Waals surface area contributed by atoms with Crippen molar-refractivity contribution in [2.24, 2.45) is 0 Å². The second-order valence-electron chi connectivity index (χ2n) is 6.13. The molecule has 1 aromatic heterocycles. The fourth-order valence-corrected chi connectivity index (χ4v) is 3.27. The Kier molecular flexibility index (Phi) is 7.24. The van der Waals surface area contributed by atoms with E-state index in [-0.39, 0.29) is 10.6 Å². The Morgan fingerprint density at radius 3 is 2.55 bits per heavy atom. The van der Waals surface area contributed by atoms with E-state index in [9.17, 15) is 17.6 Å². The summed E-state index contributed by atoms with van der Waals surface area (Å²) in [5.41, 5.74) is 0.593. The highest BCUT2D eigenvalue weighted by Crippen LogP contribution is 2.31. The van der Waals surface area contributed by atoms with Gasteiger partial charge in [-0.15, -0.1) is 0 Å². The second kappa shape index (κ2) is 10.1. The molecule has 0 bridgehead atoms. The van der Waals surface area contributed by atoms with E-state index in [2.05, 4.69) is 20.3 Å². The van der Waals surface area contributed by atoms with Crippen molar-refractivity contribution in [2.45, 2.75) is 4.90 Å². The molecule has 3 aromatic rings. The van der Waals surface area contributed by atoms with Crippen molar-refractivity contribution >= 4 is 29.0 Å². The van der Waals surface area contributed by atoms with Gasteiger partial charge in [0.2, 0.25) is 0 Å². The van der Waals surface area contributed by atoms with Crippen LogP contribution in [0.1, 0.15) is 5.56 Å². The highest BCUT2D eigenvalue weighted by atomic mass is 32.2. The number of aromatic nitrogens is 1. The minimum atomic E-state index is -0.931. The van der Waals surface area contributed by atoms with Crippen LogP contribution in [0.3, 0.4) is 0 Å². The summed E-state index contributed by atoms with van der Waals surface area (Å²) in [7, 11) is 3.14. The Morgan fingerprint density at radius 2 is 1.81 bits per heavy atom. The molecule has 0 saturated carbocycles. The third-order valence-corrected chi connectivity index (χ3v) is 5.00. The van der Waals surface area contributed by atoms with Gasteiger partial charge < -0.3 is 20.1 Å². The summed E-state index contributed by atoms with van der Waals surface area (Å²) in [6, 6.07) is 6.82. The van der Waals surface area contributed by atoms with E-state index >= 15 is 0 Å². The molecule has 0 aliphatic rings. The number of benzene rings is 2. The number of hydrogen-bond donors (Lipinski definition) is 3. The summed E-state index contributed by atoms with van der Waals surface area (Å²) in [6.45, 7) is 0. The topological polar surface area (TPSA) is 58.2 Å². The number of methoxy groups -OCH3 is 1. The summed E-state index contributed by atoms with van der Waals surface area (Å²) in [6.07, 6.45) is 4.46. The lowest BCUT2D eigenvalue weighted by Crippen LogP contribution is -2.09. The van der Waals surface area contributed by atoms with E-state index in [1.807, 2.05) is 0 Å². The van der Waals surface area contributed by atoms with Gasteiger partial charge >= 0.3 is 0 Å². The zero-order valence-corrected chi connectivity index (χ0v) is 17.3. The monoisotopic (exact) mass is 450 g/mol. The van der Waals surface area contributed by atoms with Crippen molar-refractivity contribution in [2.75, 3.05) is 24.2 Å². The average Bonchev–Trinajstić information content (AvgIpc) is 2.77. The molecule has 0 unspecified atom stereocenters. The van der Waals surface area contributed by atoms with Crippen LogP contribution in [-0.4, -0.2) is 19.1 Å². The van der Waals surface area contributed by atoms with Crippen LogP contribution in [0.4, 0.5) is 28.9 Å². The van der Waals surface area contributed by atoms with Crippen LogP contribution in [0.15, 0.2) is 59.9 Å². The largest absolute Gasteiger partial charge is 0.495 e. The zero-order valence-electron chi connectivity index (χ0n) is 16.5. The number of pyridine rings is 1. The van der Waals surface area contributed by atoms with Gasteiger partial charge in [0.25, 0.3) is 0 Å². The Labute approximate surface area is 180 Å². The molecule has 0 fully saturated rings. The standard InChI is InChI=1S/C21H18F4N4OS/c1-26-18(12-7-14(30-2)10-27-9-12)11-28-21-16(24)5-6-17(20(21)25)29-31-19-8-13(22)3-4-15(19)23/h3-11,26,28-29H,1-2H3/b18-11-. The minimum Gasteiger partial charge on any atom is -0.495 e. The summed E-state index contributed by atoms with van der Waals surface area (Å²) in [5.74, 6) is -2.55. The van der Waals surface area contributed by atoms with Crippen molar-refractivity contribution in [3.63, 3.8) is 0 Å². The van der Waals surface area contributed by atoms with Crippen molar-refractivity contribution < 1.29 is 22.3 Å². The quantitative estimate of drug-likeness (QED) is 0.316. The van der Waals surface area contributed by atoms with Crippen LogP contribution < -0.4 is 20.1 Å². The third-order valence-electron chi connectivity index (χ3n) is 4.15. The summed E-state index contributed by atoms with van der Waals surface area (Å²) >= 11 is 0.668. The molecule has 0 aliphatic carbocycles. The van der Waals surface area contributed by atoms with Crippen LogP contribution in [0.25, 0.3) is 5.70 Å². The molecule has 0 amide bonds. The lowest BCUT2D eigenvalue weighted by molar-refractivity contribution is 0.412. The van der Waals surface area contributed by atoms with Crippen LogP contribution in [0.2, 0.25) is 0 Å². The smallest absolute Gasteiger partial charge is 0.173 e. The van der Waals surface area contributed by atoms with E-state index in [1.165, 1.54) is 19.5 Å². The molecule has 5 nitrogen and oxygen atoms in total. The lowest BCUT2D eigenvalue weighted by atomic mass is 10.2. The van der Waals surface area contributed by atoms with E-state index in [0.717, 1.165) is 30.3 Å². The first-order valence-electron chi connectivity index (χ1n) is 8.92. The molecule has 2 aromatic carbocycles. The first-order valence-corrected chi connectivity index (χ1v) is 9.74. The molecule has 0 atom stereocenters.